The largest absolute Gasteiger partial charge is 0.380 e. The minimum Gasteiger partial charge on any atom is -0.380 e. The molecule has 2 N–H and O–H groups in total. The van der Waals surface area contributed by atoms with E-state index in [2.05, 4.69) is 21.1 Å². The SMILES string of the molecule is Nc1noc(-c2ccc(Br)c(Cl)c2)c1-c1ccccc1Cl. The molecule has 106 valence electrons. The second-order valence-corrected chi connectivity index (χ2v) is 6.05. The van der Waals surface area contributed by atoms with E-state index in [4.69, 9.17) is 33.5 Å². The number of hydrogen-bond donors (Lipinski definition) is 1. The fourth-order valence-electron chi connectivity index (χ4n) is 2.06. The van der Waals surface area contributed by atoms with E-state index in [0.29, 0.717) is 21.4 Å². The summed E-state index contributed by atoms with van der Waals surface area (Å²) < 4.78 is 6.18. The van der Waals surface area contributed by atoms with Gasteiger partial charge in [-0.3, -0.25) is 0 Å². The summed E-state index contributed by atoms with van der Waals surface area (Å²) in [5.41, 5.74) is 8.16. The second kappa shape index (κ2) is 5.72. The molecule has 1 aromatic heterocycles. The normalized spacial score (nSPS) is 10.8. The van der Waals surface area contributed by atoms with Crippen molar-refractivity contribution in [3.05, 3.63) is 57.0 Å². The molecule has 0 aliphatic rings. The summed E-state index contributed by atoms with van der Waals surface area (Å²) in [6.07, 6.45) is 0. The molecule has 0 aliphatic carbocycles. The molecule has 0 saturated carbocycles. The number of halogens is 3. The van der Waals surface area contributed by atoms with E-state index in [-0.39, 0.29) is 5.82 Å². The van der Waals surface area contributed by atoms with Crippen molar-refractivity contribution in [2.45, 2.75) is 0 Å². The minimum absolute atomic E-state index is 0.289. The van der Waals surface area contributed by atoms with Crippen LogP contribution in [0.25, 0.3) is 22.5 Å². The van der Waals surface area contributed by atoms with Crippen LogP contribution in [-0.4, -0.2) is 5.16 Å². The summed E-state index contributed by atoms with van der Waals surface area (Å²) in [4.78, 5) is 0. The Hall–Kier alpha value is -1.49. The molecule has 3 aromatic rings. The number of nitrogen functional groups attached to an aromatic ring is 1. The number of rotatable bonds is 2. The lowest BCUT2D eigenvalue weighted by Crippen LogP contribution is -1.89. The van der Waals surface area contributed by atoms with E-state index in [1.807, 2.05) is 30.3 Å². The van der Waals surface area contributed by atoms with Gasteiger partial charge in [0.2, 0.25) is 0 Å². The lowest BCUT2D eigenvalue weighted by Gasteiger charge is -2.06. The fraction of sp³-hybridized carbons (Fsp3) is 0. The first-order valence-electron chi connectivity index (χ1n) is 6.03. The minimum atomic E-state index is 0.289. The number of hydrogen-bond acceptors (Lipinski definition) is 3. The van der Waals surface area contributed by atoms with Crippen molar-refractivity contribution in [3.63, 3.8) is 0 Å². The van der Waals surface area contributed by atoms with Crippen LogP contribution in [0.1, 0.15) is 0 Å². The molecule has 3 nitrogen and oxygen atoms in total. The summed E-state index contributed by atoms with van der Waals surface area (Å²) in [6, 6.07) is 12.9. The molecule has 6 heteroatoms. The van der Waals surface area contributed by atoms with Gasteiger partial charge in [0.25, 0.3) is 0 Å². The highest BCUT2D eigenvalue weighted by atomic mass is 79.9. The zero-order valence-corrected chi connectivity index (χ0v) is 13.7. The van der Waals surface area contributed by atoms with Gasteiger partial charge in [0.15, 0.2) is 11.6 Å². The average Bonchev–Trinajstić information content (AvgIpc) is 2.84. The summed E-state index contributed by atoms with van der Waals surface area (Å²) in [5, 5.41) is 5.01. The molecule has 0 aliphatic heterocycles. The van der Waals surface area contributed by atoms with Crippen molar-refractivity contribution < 1.29 is 4.52 Å². The molecule has 0 atom stereocenters. The van der Waals surface area contributed by atoms with E-state index in [1.54, 1.807) is 12.1 Å². The average molecular weight is 384 g/mol. The summed E-state index contributed by atoms with van der Waals surface area (Å²) >= 11 is 15.7. The summed E-state index contributed by atoms with van der Waals surface area (Å²) in [5.74, 6) is 0.826. The predicted molar refractivity (Wildman–Crippen MR) is 89.5 cm³/mol. The first kappa shape index (κ1) is 14.4. The van der Waals surface area contributed by atoms with Crippen molar-refractivity contribution in [3.8, 4) is 22.5 Å². The van der Waals surface area contributed by atoms with Crippen molar-refractivity contribution in [2.24, 2.45) is 0 Å². The Morgan fingerprint density at radius 1 is 1.05 bits per heavy atom. The standard InChI is InChI=1S/C15H9BrCl2N2O/c16-10-6-5-8(7-12(10)18)14-13(15(19)20-21-14)9-3-1-2-4-11(9)17/h1-7H,(H2,19,20). The maximum Gasteiger partial charge on any atom is 0.177 e. The molecule has 21 heavy (non-hydrogen) atoms. The van der Waals surface area contributed by atoms with E-state index in [9.17, 15) is 0 Å². The number of anilines is 1. The van der Waals surface area contributed by atoms with E-state index in [1.165, 1.54) is 0 Å². The van der Waals surface area contributed by atoms with Crippen LogP contribution in [0.15, 0.2) is 51.5 Å². The van der Waals surface area contributed by atoms with Gasteiger partial charge in [-0.15, -0.1) is 0 Å². The molecule has 0 saturated heterocycles. The molecule has 0 radical (unpaired) electrons. The molecular weight excluding hydrogens is 375 g/mol. The smallest absolute Gasteiger partial charge is 0.177 e. The fourth-order valence-corrected chi connectivity index (χ4v) is 2.72. The van der Waals surface area contributed by atoms with Gasteiger partial charge in [0, 0.05) is 20.6 Å². The molecule has 0 fully saturated rings. The summed E-state index contributed by atoms with van der Waals surface area (Å²) in [7, 11) is 0. The quantitative estimate of drug-likeness (QED) is 0.621. The van der Waals surface area contributed by atoms with Gasteiger partial charge in [-0.25, -0.2) is 0 Å². The number of aromatic nitrogens is 1. The lowest BCUT2D eigenvalue weighted by molar-refractivity contribution is 0.436. The molecule has 1 heterocycles. The third kappa shape index (κ3) is 2.67. The van der Waals surface area contributed by atoms with Gasteiger partial charge in [0.05, 0.1) is 10.6 Å². The van der Waals surface area contributed by atoms with Gasteiger partial charge in [-0.2, -0.15) is 0 Å². The van der Waals surface area contributed by atoms with Crippen LogP contribution in [0.2, 0.25) is 10.0 Å². The van der Waals surface area contributed by atoms with Crippen LogP contribution in [-0.2, 0) is 0 Å². The first-order valence-corrected chi connectivity index (χ1v) is 7.58. The van der Waals surface area contributed by atoms with E-state index >= 15 is 0 Å². The van der Waals surface area contributed by atoms with Gasteiger partial charge >= 0.3 is 0 Å². The Bertz CT molecular complexity index is 817. The Kier molecular flexibility index (Phi) is 3.93. The highest BCUT2D eigenvalue weighted by molar-refractivity contribution is 9.10. The Balaban J connectivity index is 2.22. The second-order valence-electron chi connectivity index (χ2n) is 4.38. The van der Waals surface area contributed by atoms with Crippen molar-refractivity contribution in [2.75, 3.05) is 5.73 Å². The maximum absolute atomic E-state index is 6.25. The van der Waals surface area contributed by atoms with Crippen molar-refractivity contribution in [1.82, 2.24) is 5.16 Å². The van der Waals surface area contributed by atoms with Crippen molar-refractivity contribution in [1.29, 1.82) is 0 Å². The predicted octanol–water partition coefficient (Wildman–Crippen LogP) is 5.66. The van der Waals surface area contributed by atoms with E-state index < -0.39 is 0 Å². The summed E-state index contributed by atoms with van der Waals surface area (Å²) in [6.45, 7) is 0. The number of nitrogens with two attached hydrogens (primary N) is 1. The van der Waals surface area contributed by atoms with Crippen LogP contribution in [0, 0.1) is 0 Å². The van der Waals surface area contributed by atoms with Crippen LogP contribution >= 0.6 is 39.1 Å². The highest BCUT2D eigenvalue weighted by Crippen LogP contribution is 2.40. The molecular formula is C15H9BrCl2N2O. The van der Waals surface area contributed by atoms with Gasteiger partial charge < -0.3 is 10.3 Å². The number of benzene rings is 2. The van der Waals surface area contributed by atoms with Gasteiger partial charge in [-0.1, -0.05) is 46.6 Å². The molecule has 0 unspecified atom stereocenters. The van der Waals surface area contributed by atoms with Crippen LogP contribution in [0.5, 0.6) is 0 Å². The Labute approximate surface area is 139 Å². The monoisotopic (exact) mass is 382 g/mol. The topological polar surface area (TPSA) is 52.0 Å². The third-order valence-corrected chi connectivity index (χ3v) is 4.61. The molecule has 0 amide bonds. The Morgan fingerprint density at radius 3 is 2.52 bits per heavy atom. The van der Waals surface area contributed by atoms with Crippen LogP contribution < -0.4 is 5.73 Å². The highest BCUT2D eigenvalue weighted by Gasteiger charge is 2.20. The zero-order valence-electron chi connectivity index (χ0n) is 10.6. The van der Waals surface area contributed by atoms with Gasteiger partial charge in [0.1, 0.15) is 0 Å². The molecule has 3 rings (SSSR count). The van der Waals surface area contributed by atoms with Crippen LogP contribution in [0.3, 0.4) is 0 Å². The zero-order chi connectivity index (χ0) is 15.0. The van der Waals surface area contributed by atoms with Gasteiger partial charge in [-0.05, 0) is 40.2 Å². The van der Waals surface area contributed by atoms with Crippen molar-refractivity contribution >= 4 is 44.9 Å². The lowest BCUT2D eigenvalue weighted by atomic mass is 10.0. The van der Waals surface area contributed by atoms with Crippen LogP contribution in [0.4, 0.5) is 5.82 Å². The first-order chi connectivity index (χ1) is 10.1. The Morgan fingerprint density at radius 2 is 1.81 bits per heavy atom. The third-order valence-electron chi connectivity index (χ3n) is 3.04. The molecule has 2 aromatic carbocycles. The maximum atomic E-state index is 6.25. The number of nitrogens with zero attached hydrogens (tertiary/aromatic N) is 1. The van der Waals surface area contributed by atoms with E-state index in [0.717, 1.165) is 15.6 Å². The molecule has 0 bridgehead atoms. The molecule has 0 spiro atoms.